The molecule has 2 atom stereocenters. The predicted molar refractivity (Wildman–Crippen MR) is 71.4 cm³/mol. The summed E-state index contributed by atoms with van der Waals surface area (Å²) in [4.78, 5) is 0. The fraction of sp³-hybridized carbons (Fsp3) is 0.538. The minimum atomic E-state index is -4.36. The first kappa shape index (κ1) is 16.2. The molecule has 1 aromatic carbocycles. The van der Waals surface area contributed by atoms with E-state index in [1.54, 1.807) is 13.1 Å². The van der Waals surface area contributed by atoms with Crippen molar-refractivity contribution in [2.75, 3.05) is 12.8 Å². The standard InChI is InChI=1S/C13H18F3NOS/c1-9(2)19(18)8-12(17-3)10-5-4-6-11(7-10)13(14,15)16/h4-7,9,12,17H,8H2,1-3H3. The maximum Gasteiger partial charge on any atom is 0.416 e. The van der Waals surface area contributed by atoms with Gasteiger partial charge in [0.05, 0.1) is 5.56 Å². The second-order valence-electron chi connectivity index (χ2n) is 4.56. The highest BCUT2D eigenvalue weighted by atomic mass is 32.2. The number of hydrogen-bond acceptors (Lipinski definition) is 2. The minimum Gasteiger partial charge on any atom is -0.312 e. The van der Waals surface area contributed by atoms with Crippen LogP contribution in [-0.2, 0) is 17.0 Å². The SMILES string of the molecule is CNC(CS(=O)C(C)C)c1cccc(C(F)(F)F)c1. The van der Waals surface area contributed by atoms with Crippen molar-refractivity contribution in [1.82, 2.24) is 5.32 Å². The van der Waals surface area contributed by atoms with Gasteiger partial charge in [-0.3, -0.25) is 4.21 Å². The largest absolute Gasteiger partial charge is 0.416 e. The molecule has 0 saturated heterocycles. The molecule has 0 fully saturated rings. The van der Waals surface area contributed by atoms with Gasteiger partial charge in [0.1, 0.15) is 0 Å². The van der Waals surface area contributed by atoms with Crippen LogP contribution in [0, 0.1) is 0 Å². The van der Waals surface area contributed by atoms with Gasteiger partial charge in [-0.05, 0) is 24.7 Å². The fourth-order valence-corrected chi connectivity index (χ4v) is 2.71. The molecule has 0 spiro atoms. The van der Waals surface area contributed by atoms with Crippen molar-refractivity contribution in [3.8, 4) is 0 Å². The number of hydrogen-bond donors (Lipinski definition) is 1. The van der Waals surface area contributed by atoms with Crippen molar-refractivity contribution in [3.63, 3.8) is 0 Å². The van der Waals surface area contributed by atoms with Crippen LogP contribution >= 0.6 is 0 Å². The van der Waals surface area contributed by atoms with E-state index in [0.29, 0.717) is 11.3 Å². The van der Waals surface area contributed by atoms with Crippen molar-refractivity contribution in [3.05, 3.63) is 35.4 Å². The van der Waals surface area contributed by atoms with Gasteiger partial charge in [-0.2, -0.15) is 13.2 Å². The summed E-state index contributed by atoms with van der Waals surface area (Å²) in [6.07, 6.45) is -4.36. The summed E-state index contributed by atoms with van der Waals surface area (Å²) in [5, 5.41) is 2.91. The zero-order chi connectivity index (χ0) is 14.6. The van der Waals surface area contributed by atoms with Gasteiger partial charge < -0.3 is 5.32 Å². The Balaban J connectivity index is 2.96. The van der Waals surface area contributed by atoms with Gasteiger partial charge in [0.25, 0.3) is 0 Å². The molecule has 1 aromatic rings. The summed E-state index contributed by atoms with van der Waals surface area (Å²) in [5.74, 6) is 0.301. The van der Waals surface area contributed by atoms with Crippen LogP contribution in [0.15, 0.2) is 24.3 Å². The molecule has 0 radical (unpaired) electrons. The molecule has 0 aliphatic heterocycles. The molecule has 19 heavy (non-hydrogen) atoms. The average Bonchev–Trinajstić information content (AvgIpc) is 2.34. The molecular formula is C13H18F3NOS. The first-order chi connectivity index (χ1) is 8.75. The van der Waals surface area contributed by atoms with Gasteiger partial charge in [0.2, 0.25) is 0 Å². The van der Waals surface area contributed by atoms with Crippen LogP contribution in [0.25, 0.3) is 0 Å². The van der Waals surface area contributed by atoms with Crippen LogP contribution in [0.2, 0.25) is 0 Å². The summed E-state index contributed by atoms with van der Waals surface area (Å²) in [6, 6.07) is 4.80. The zero-order valence-corrected chi connectivity index (χ0v) is 11.9. The first-order valence-electron chi connectivity index (χ1n) is 5.97. The minimum absolute atomic E-state index is 0.0124. The van der Waals surface area contributed by atoms with E-state index in [-0.39, 0.29) is 11.3 Å². The van der Waals surface area contributed by atoms with Crippen LogP contribution in [0.5, 0.6) is 0 Å². The van der Waals surface area contributed by atoms with Crippen LogP contribution in [0.1, 0.15) is 31.0 Å². The van der Waals surface area contributed by atoms with E-state index in [1.165, 1.54) is 6.07 Å². The van der Waals surface area contributed by atoms with Crippen molar-refractivity contribution in [2.45, 2.75) is 31.3 Å². The van der Waals surface area contributed by atoms with E-state index in [2.05, 4.69) is 5.32 Å². The molecule has 0 aliphatic rings. The van der Waals surface area contributed by atoms with Gasteiger partial charge in [0, 0.05) is 27.8 Å². The molecule has 1 N–H and O–H groups in total. The summed E-state index contributed by atoms with van der Waals surface area (Å²) in [7, 11) is 0.582. The Morgan fingerprint density at radius 2 is 1.95 bits per heavy atom. The zero-order valence-electron chi connectivity index (χ0n) is 11.1. The lowest BCUT2D eigenvalue weighted by atomic mass is 10.1. The van der Waals surface area contributed by atoms with E-state index in [9.17, 15) is 17.4 Å². The Morgan fingerprint density at radius 1 is 1.32 bits per heavy atom. The van der Waals surface area contributed by atoms with Gasteiger partial charge in [-0.25, -0.2) is 0 Å². The average molecular weight is 293 g/mol. The Kier molecular flexibility index (Phi) is 5.55. The Labute approximate surface area is 113 Å². The van der Waals surface area contributed by atoms with E-state index >= 15 is 0 Å². The second-order valence-corrected chi connectivity index (χ2v) is 6.60. The highest BCUT2D eigenvalue weighted by Gasteiger charge is 2.31. The van der Waals surface area contributed by atoms with Crippen molar-refractivity contribution in [1.29, 1.82) is 0 Å². The monoisotopic (exact) mass is 293 g/mol. The van der Waals surface area contributed by atoms with Crippen LogP contribution in [-0.4, -0.2) is 22.3 Å². The molecule has 0 amide bonds. The molecule has 108 valence electrons. The van der Waals surface area contributed by atoms with Gasteiger partial charge in [-0.1, -0.05) is 26.0 Å². The molecule has 2 nitrogen and oxygen atoms in total. The molecule has 0 bridgehead atoms. The number of halogens is 3. The lowest BCUT2D eigenvalue weighted by molar-refractivity contribution is -0.137. The van der Waals surface area contributed by atoms with Crippen molar-refractivity contribution in [2.24, 2.45) is 0 Å². The molecule has 6 heteroatoms. The van der Waals surface area contributed by atoms with E-state index in [1.807, 2.05) is 13.8 Å². The maximum absolute atomic E-state index is 12.6. The number of benzene rings is 1. The quantitative estimate of drug-likeness (QED) is 0.903. The van der Waals surface area contributed by atoms with Gasteiger partial charge in [-0.15, -0.1) is 0 Å². The first-order valence-corrected chi connectivity index (χ1v) is 7.35. The number of rotatable bonds is 5. The van der Waals surface area contributed by atoms with Crippen LogP contribution < -0.4 is 5.32 Å². The molecule has 0 aliphatic carbocycles. The lowest BCUT2D eigenvalue weighted by Crippen LogP contribution is -2.25. The van der Waals surface area contributed by atoms with E-state index in [4.69, 9.17) is 0 Å². The van der Waals surface area contributed by atoms with Crippen LogP contribution in [0.4, 0.5) is 13.2 Å². The third kappa shape index (κ3) is 4.62. The lowest BCUT2D eigenvalue weighted by Gasteiger charge is -2.19. The molecular weight excluding hydrogens is 275 g/mol. The molecule has 2 unspecified atom stereocenters. The van der Waals surface area contributed by atoms with Crippen LogP contribution in [0.3, 0.4) is 0 Å². The smallest absolute Gasteiger partial charge is 0.312 e. The van der Waals surface area contributed by atoms with Gasteiger partial charge in [0.15, 0.2) is 0 Å². The topological polar surface area (TPSA) is 29.1 Å². The third-order valence-electron chi connectivity index (χ3n) is 2.82. The Bertz CT molecular complexity index is 446. The molecule has 0 heterocycles. The summed E-state index contributed by atoms with van der Waals surface area (Å²) in [6.45, 7) is 3.66. The van der Waals surface area contributed by atoms with Crippen molar-refractivity contribution < 1.29 is 17.4 Å². The van der Waals surface area contributed by atoms with E-state index in [0.717, 1.165) is 12.1 Å². The fourth-order valence-electron chi connectivity index (χ4n) is 1.63. The maximum atomic E-state index is 12.6. The number of nitrogens with one attached hydrogen (secondary N) is 1. The Hall–Kier alpha value is -0.880. The highest BCUT2D eigenvalue weighted by Crippen LogP contribution is 2.30. The predicted octanol–water partition coefficient (Wildman–Crippen LogP) is 3.12. The summed E-state index contributed by atoms with van der Waals surface area (Å²) < 4.78 is 49.8. The normalized spacial score (nSPS) is 15.5. The third-order valence-corrected chi connectivity index (χ3v) is 4.53. The molecule has 0 saturated carbocycles. The second kappa shape index (κ2) is 6.52. The number of alkyl halides is 3. The molecule has 0 aromatic heterocycles. The van der Waals surface area contributed by atoms with Gasteiger partial charge >= 0.3 is 6.18 Å². The summed E-state index contributed by atoms with van der Waals surface area (Å²) in [5.41, 5.74) is -0.174. The van der Waals surface area contributed by atoms with E-state index < -0.39 is 22.5 Å². The highest BCUT2D eigenvalue weighted by molar-refractivity contribution is 7.85. The van der Waals surface area contributed by atoms with Crippen molar-refractivity contribution >= 4 is 10.8 Å². The summed E-state index contributed by atoms with van der Waals surface area (Å²) >= 11 is 0. The molecule has 1 rings (SSSR count). The Morgan fingerprint density at radius 3 is 2.42 bits per heavy atom.